The average molecular weight is 274 g/mol. The van der Waals surface area contributed by atoms with Gasteiger partial charge in [-0.25, -0.2) is 0 Å². The summed E-state index contributed by atoms with van der Waals surface area (Å²) < 4.78 is 0. The van der Waals surface area contributed by atoms with Gasteiger partial charge in [0.1, 0.15) is 0 Å². The Bertz CT molecular complexity index is 494. The number of carbonyl (C=O) groups is 2. The van der Waals surface area contributed by atoms with Gasteiger partial charge in [0, 0.05) is 25.6 Å². The van der Waals surface area contributed by atoms with E-state index >= 15 is 0 Å². The van der Waals surface area contributed by atoms with Gasteiger partial charge < -0.3 is 10.2 Å². The van der Waals surface area contributed by atoms with Crippen molar-refractivity contribution in [1.82, 2.24) is 10.2 Å². The summed E-state index contributed by atoms with van der Waals surface area (Å²) in [6.45, 7) is 7.00. The van der Waals surface area contributed by atoms with Crippen molar-refractivity contribution >= 4 is 11.8 Å². The molecule has 0 aliphatic carbocycles. The highest BCUT2D eigenvalue weighted by Crippen LogP contribution is 2.20. The lowest BCUT2D eigenvalue weighted by Gasteiger charge is -2.17. The third kappa shape index (κ3) is 3.59. The summed E-state index contributed by atoms with van der Waals surface area (Å²) in [7, 11) is 0. The van der Waals surface area contributed by atoms with Crippen LogP contribution in [0.4, 0.5) is 0 Å². The van der Waals surface area contributed by atoms with E-state index in [4.69, 9.17) is 0 Å². The smallest absolute Gasteiger partial charge is 0.225 e. The molecule has 2 rings (SSSR count). The van der Waals surface area contributed by atoms with E-state index in [9.17, 15) is 9.59 Å². The van der Waals surface area contributed by atoms with Gasteiger partial charge >= 0.3 is 0 Å². The minimum Gasteiger partial charge on any atom is -0.354 e. The van der Waals surface area contributed by atoms with Gasteiger partial charge in [0.05, 0.1) is 5.92 Å². The van der Waals surface area contributed by atoms with Gasteiger partial charge in [0.15, 0.2) is 0 Å². The molecule has 0 unspecified atom stereocenters. The summed E-state index contributed by atoms with van der Waals surface area (Å²) in [5, 5.41) is 2.88. The van der Waals surface area contributed by atoms with Gasteiger partial charge in [-0.2, -0.15) is 0 Å². The van der Waals surface area contributed by atoms with Crippen molar-refractivity contribution in [3.63, 3.8) is 0 Å². The summed E-state index contributed by atoms with van der Waals surface area (Å²) in [6.07, 6.45) is 0.324. The van der Waals surface area contributed by atoms with Gasteiger partial charge in [-0.15, -0.1) is 0 Å². The first kappa shape index (κ1) is 14.6. The molecule has 1 aliphatic heterocycles. The summed E-state index contributed by atoms with van der Waals surface area (Å²) in [6, 6.07) is 8.26. The van der Waals surface area contributed by atoms with E-state index in [2.05, 4.69) is 5.32 Å². The fourth-order valence-electron chi connectivity index (χ4n) is 2.42. The lowest BCUT2D eigenvalue weighted by Crippen LogP contribution is -2.36. The van der Waals surface area contributed by atoms with Crippen LogP contribution in [0.5, 0.6) is 0 Å². The first-order valence-corrected chi connectivity index (χ1v) is 7.09. The standard InChI is InChI=1S/C16H22N2O2/c1-11(2)17-16(20)14-8-15(19)18(10-14)9-13-6-4-12(3)5-7-13/h4-7,11,14H,8-10H2,1-3H3,(H,17,20)/t14-/m0/s1. The minimum atomic E-state index is -0.213. The highest BCUT2D eigenvalue weighted by molar-refractivity contribution is 5.89. The predicted octanol–water partition coefficient (Wildman–Crippen LogP) is 1.87. The Morgan fingerprint density at radius 2 is 2.00 bits per heavy atom. The Morgan fingerprint density at radius 3 is 2.60 bits per heavy atom. The number of aryl methyl sites for hydroxylation is 1. The molecular formula is C16H22N2O2. The first-order chi connectivity index (χ1) is 9.45. The predicted molar refractivity (Wildman–Crippen MR) is 78.0 cm³/mol. The highest BCUT2D eigenvalue weighted by Gasteiger charge is 2.34. The van der Waals surface area contributed by atoms with E-state index in [1.54, 1.807) is 4.90 Å². The molecule has 0 spiro atoms. The number of carbonyl (C=O) groups excluding carboxylic acids is 2. The molecule has 1 fully saturated rings. The van der Waals surface area contributed by atoms with Crippen molar-refractivity contribution in [2.24, 2.45) is 5.92 Å². The number of nitrogens with zero attached hydrogens (tertiary/aromatic N) is 1. The van der Waals surface area contributed by atoms with E-state index in [1.165, 1.54) is 5.56 Å². The third-order valence-electron chi connectivity index (χ3n) is 3.51. The Kier molecular flexibility index (Phi) is 4.42. The number of hydrogen-bond acceptors (Lipinski definition) is 2. The zero-order valence-electron chi connectivity index (χ0n) is 12.3. The topological polar surface area (TPSA) is 49.4 Å². The highest BCUT2D eigenvalue weighted by atomic mass is 16.2. The maximum absolute atomic E-state index is 12.0. The van der Waals surface area contributed by atoms with Crippen molar-refractivity contribution < 1.29 is 9.59 Å². The Hall–Kier alpha value is -1.84. The van der Waals surface area contributed by atoms with Crippen LogP contribution in [0.15, 0.2) is 24.3 Å². The normalized spacial score (nSPS) is 18.7. The lowest BCUT2D eigenvalue weighted by molar-refractivity contribution is -0.129. The van der Waals surface area contributed by atoms with E-state index in [0.717, 1.165) is 5.56 Å². The summed E-state index contributed by atoms with van der Waals surface area (Å²) in [5.74, 6) is -0.162. The largest absolute Gasteiger partial charge is 0.354 e. The summed E-state index contributed by atoms with van der Waals surface area (Å²) in [4.78, 5) is 25.7. The number of benzene rings is 1. The fourth-order valence-corrected chi connectivity index (χ4v) is 2.42. The Balaban J connectivity index is 1.95. The molecule has 4 nitrogen and oxygen atoms in total. The van der Waals surface area contributed by atoms with Crippen LogP contribution in [-0.2, 0) is 16.1 Å². The van der Waals surface area contributed by atoms with Crippen LogP contribution in [-0.4, -0.2) is 29.3 Å². The fraction of sp³-hybridized carbons (Fsp3) is 0.500. The van der Waals surface area contributed by atoms with Gasteiger partial charge in [-0.1, -0.05) is 29.8 Å². The maximum atomic E-state index is 12.0. The molecule has 20 heavy (non-hydrogen) atoms. The third-order valence-corrected chi connectivity index (χ3v) is 3.51. The summed E-state index contributed by atoms with van der Waals surface area (Å²) in [5.41, 5.74) is 2.31. The van der Waals surface area contributed by atoms with E-state index < -0.39 is 0 Å². The quantitative estimate of drug-likeness (QED) is 0.911. The molecule has 108 valence electrons. The molecule has 4 heteroatoms. The van der Waals surface area contributed by atoms with Crippen molar-refractivity contribution in [3.8, 4) is 0 Å². The molecule has 0 bridgehead atoms. The molecule has 0 saturated carbocycles. The van der Waals surface area contributed by atoms with Crippen LogP contribution in [0.25, 0.3) is 0 Å². The number of likely N-dealkylation sites (tertiary alicyclic amines) is 1. The van der Waals surface area contributed by atoms with Crippen molar-refractivity contribution in [2.45, 2.75) is 39.8 Å². The van der Waals surface area contributed by atoms with Crippen molar-refractivity contribution in [2.75, 3.05) is 6.54 Å². The number of amides is 2. The van der Waals surface area contributed by atoms with Crippen LogP contribution in [0, 0.1) is 12.8 Å². The molecule has 2 amide bonds. The monoisotopic (exact) mass is 274 g/mol. The van der Waals surface area contributed by atoms with Crippen molar-refractivity contribution in [1.29, 1.82) is 0 Å². The van der Waals surface area contributed by atoms with Crippen LogP contribution in [0.3, 0.4) is 0 Å². The molecule has 1 N–H and O–H groups in total. The number of nitrogens with one attached hydrogen (secondary N) is 1. The van der Waals surface area contributed by atoms with Gasteiger partial charge in [0.25, 0.3) is 0 Å². The second-order valence-corrected chi connectivity index (χ2v) is 5.82. The van der Waals surface area contributed by atoms with E-state index in [0.29, 0.717) is 19.5 Å². The number of hydrogen-bond donors (Lipinski definition) is 1. The first-order valence-electron chi connectivity index (χ1n) is 7.09. The average Bonchev–Trinajstić information content (AvgIpc) is 2.73. The molecule has 0 aromatic heterocycles. The molecule has 1 saturated heterocycles. The van der Waals surface area contributed by atoms with Crippen LogP contribution < -0.4 is 5.32 Å². The van der Waals surface area contributed by atoms with Gasteiger partial charge in [-0.3, -0.25) is 9.59 Å². The molecule has 1 aliphatic rings. The molecule has 1 atom stereocenters. The molecule has 1 aromatic rings. The van der Waals surface area contributed by atoms with E-state index in [-0.39, 0.29) is 23.8 Å². The Labute approximate surface area is 120 Å². The van der Waals surface area contributed by atoms with Gasteiger partial charge in [0.2, 0.25) is 11.8 Å². The zero-order valence-corrected chi connectivity index (χ0v) is 12.3. The van der Waals surface area contributed by atoms with Crippen molar-refractivity contribution in [3.05, 3.63) is 35.4 Å². The van der Waals surface area contributed by atoms with Crippen LogP contribution in [0.2, 0.25) is 0 Å². The Morgan fingerprint density at radius 1 is 1.35 bits per heavy atom. The second kappa shape index (κ2) is 6.07. The maximum Gasteiger partial charge on any atom is 0.225 e. The number of rotatable bonds is 4. The van der Waals surface area contributed by atoms with E-state index in [1.807, 2.05) is 45.0 Å². The molecule has 1 aromatic carbocycles. The zero-order chi connectivity index (χ0) is 14.7. The molecule has 0 radical (unpaired) electrons. The molecular weight excluding hydrogens is 252 g/mol. The SMILES string of the molecule is Cc1ccc(CN2C[C@@H](C(=O)NC(C)C)CC2=O)cc1. The summed E-state index contributed by atoms with van der Waals surface area (Å²) >= 11 is 0. The second-order valence-electron chi connectivity index (χ2n) is 5.82. The van der Waals surface area contributed by atoms with Crippen LogP contribution in [0.1, 0.15) is 31.4 Å². The molecule has 1 heterocycles. The minimum absolute atomic E-state index is 0.0141. The lowest BCUT2D eigenvalue weighted by atomic mass is 10.1. The van der Waals surface area contributed by atoms with Crippen LogP contribution >= 0.6 is 0 Å². The van der Waals surface area contributed by atoms with Gasteiger partial charge in [-0.05, 0) is 26.3 Å².